The Hall–Kier alpha value is 0.440. The fraction of sp³-hybridized carbons (Fsp3) is 0.800. The first-order chi connectivity index (χ1) is 5.86. The molecule has 1 aliphatic rings. The summed E-state index contributed by atoms with van der Waals surface area (Å²) in [4.78, 5) is 1.63. The highest BCUT2D eigenvalue weighted by atomic mass is 32.2. The Morgan fingerprint density at radius 3 is 2.75 bits per heavy atom. The van der Waals surface area contributed by atoms with Crippen LogP contribution in [0.15, 0.2) is 10.3 Å². The van der Waals surface area contributed by atoms with Crippen molar-refractivity contribution in [3.8, 4) is 0 Å². The van der Waals surface area contributed by atoms with E-state index in [0.29, 0.717) is 0 Å². The molecule has 1 atom stereocenters. The molecule has 0 nitrogen and oxygen atoms in total. The molecule has 0 aromatic carbocycles. The third kappa shape index (κ3) is 3.44. The molecule has 0 aromatic heterocycles. The predicted molar refractivity (Wildman–Crippen MR) is 61.5 cm³/mol. The molecule has 12 heavy (non-hydrogen) atoms. The largest absolute Gasteiger partial charge is 0.119 e. The molecule has 0 amide bonds. The Labute approximate surface area is 84.6 Å². The van der Waals surface area contributed by atoms with Gasteiger partial charge in [0.15, 0.2) is 0 Å². The zero-order valence-corrected chi connectivity index (χ0v) is 9.64. The molecule has 1 aliphatic heterocycles. The van der Waals surface area contributed by atoms with E-state index < -0.39 is 0 Å². The molecular weight excluding hydrogens is 184 g/mol. The van der Waals surface area contributed by atoms with Gasteiger partial charge in [-0.05, 0) is 29.6 Å². The maximum absolute atomic E-state index is 2.37. The van der Waals surface area contributed by atoms with Crippen LogP contribution in [-0.4, -0.2) is 4.58 Å². The van der Waals surface area contributed by atoms with E-state index in [1.165, 1.54) is 32.1 Å². The third-order valence-electron chi connectivity index (χ3n) is 1.99. The fourth-order valence-electron chi connectivity index (χ4n) is 1.22. The molecule has 70 valence electrons. The van der Waals surface area contributed by atoms with E-state index in [-0.39, 0.29) is 0 Å². The Balaban J connectivity index is 2.10. The number of hydrogen-bond donors (Lipinski definition) is 0. The van der Waals surface area contributed by atoms with Crippen molar-refractivity contribution in [1.82, 2.24) is 0 Å². The predicted octanol–water partition coefficient (Wildman–Crippen LogP) is 4.62. The summed E-state index contributed by atoms with van der Waals surface area (Å²) in [6, 6.07) is 0. The fourth-order valence-corrected chi connectivity index (χ4v) is 3.75. The second kappa shape index (κ2) is 5.98. The molecule has 1 rings (SSSR count). The maximum atomic E-state index is 2.37. The molecule has 0 spiro atoms. The molecule has 0 aliphatic carbocycles. The van der Waals surface area contributed by atoms with E-state index in [4.69, 9.17) is 0 Å². The van der Waals surface area contributed by atoms with Gasteiger partial charge in [0.1, 0.15) is 0 Å². The molecule has 0 fully saturated rings. The summed E-state index contributed by atoms with van der Waals surface area (Å²) in [7, 11) is 0. The van der Waals surface area contributed by atoms with Crippen molar-refractivity contribution in [3.63, 3.8) is 0 Å². The number of allylic oxidation sites excluding steroid dienone is 1. The second-order valence-corrected chi connectivity index (χ2v) is 5.84. The van der Waals surface area contributed by atoms with Gasteiger partial charge in [-0.3, -0.25) is 0 Å². The van der Waals surface area contributed by atoms with Crippen molar-refractivity contribution < 1.29 is 0 Å². The van der Waals surface area contributed by atoms with Crippen LogP contribution in [0.5, 0.6) is 0 Å². The van der Waals surface area contributed by atoms with Crippen LogP contribution in [0.1, 0.15) is 46.0 Å². The van der Waals surface area contributed by atoms with Crippen molar-refractivity contribution in [3.05, 3.63) is 10.3 Å². The van der Waals surface area contributed by atoms with E-state index in [1.54, 1.807) is 4.91 Å². The van der Waals surface area contributed by atoms with Crippen molar-refractivity contribution in [1.29, 1.82) is 0 Å². The Bertz CT molecular complexity index is 152. The van der Waals surface area contributed by atoms with Gasteiger partial charge in [0.25, 0.3) is 0 Å². The van der Waals surface area contributed by atoms with Crippen molar-refractivity contribution in [2.45, 2.75) is 50.5 Å². The summed E-state index contributed by atoms with van der Waals surface area (Å²) in [5, 5.41) is 2.37. The average Bonchev–Trinajstić information content (AvgIpc) is 2.53. The van der Waals surface area contributed by atoms with E-state index in [2.05, 4.69) is 31.0 Å². The Kier molecular flexibility index (Phi) is 5.24. The lowest BCUT2D eigenvalue weighted by molar-refractivity contribution is 0.726. The van der Waals surface area contributed by atoms with E-state index in [1.807, 2.05) is 11.8 Å². The van der Waals surface area contributed by atoms with E-state index in [9.17, 15) is 0 Å². The van der Waals surface area contributed by atoms with Gasteiger partial charge in [0.2, 0.25) is 0 Å². The molecular formula is C10H18S2. The van der Waals surface area contributed by atoms with Crippen molar-refractivity contribution in [2.75, 3.05) is 0 Å². The van der Waals surface area contributed by atoms with Crippen LogP contribution >= 0.6 is 23.5 Å². The molecule has 0 bridgehead atoms. The van der Waals surface area contributed by atoms with Gasteiger partial charge in [0.05, 0.1) is 4.58 Å². The summed E-state index contributed by atoms with van der Waals surface area (Å²) in [6.07, 6.45) is 6.72. The zero-order chi connectivity index (χ0) is 8.81. The van der Waals surface area contributed by atoms with Crippen molar-refractivity contribution >= 4 is 23.5 Å². The molecule has 1 unspecified atom stereocenters. The quantitative estimate of drug-likeness (QED) is 0.596. The van der Waals surface area contributed by atoms with Crippen LogP contribution < -0.4 is 0 Å². The van der Waals surface area contributed by atoms with Gasteiger partial charge in [-0.25, -0.2) is 0 Å². The van der Waals surface area contributed by atoms with Crippen LogP contribution in [0, 0.1) is 0 Å². The molecule has 0 N–H and O–H groups in total. The van der Waals surface area contributed by atoms with Crippen LogP contribution in [0.3, 0.4) is 0 Å². The minimum absolute atomic E-state index is 0.821. The lowest BCUT2D eigenvalue weighted by Gasteiger charge is -2.04. The van der Waals surface area contributed by atoms with Gasteiger partial charge >= 0.3 is 0 Å². The highest BCUT2D eigenvalue weighted by Gasteiger charge is 2.15. The SMILES string of the molecule is CCCCCC1=CSC(CC)S1. The lowest BCUT2D eigenvalue weighted by atomic mass is 10.2. The van der Waals surface area contributed by atoms with Gasteiger partial charge in [-0.15, -0.1) is 23.5 Å². The molecule has 0 saturated carbocycles. The van der Waals surface area contributed by atoms with E-state index >= 15 is 0 Å². The number of hydrogen-bond acceptors (Lipinski definition) is 2. The molecule has 0 aromatic rings. The first-order valence-corrected chi connectivity index (χ1v) is 6.70. The summed E-state index contributed by atoms with van der Waals surface area (Å²) >= 11 is 4.09. The third-order valence-corrected chi connectivity index (χ3v) is 5.04. The standard InChI is InChI=1S/C10H18S2/c1-3-5-6-7-9-8-11-10(4-2)12-9/h8,10H,3-7H2,1-2H3. The number of rotatable bonds is 5. The molecule has 2 heteroatoms. The van der Waals surface area contributed by atoms with Crippen LogP contribution in [0.25, 0.3) is 0 Å². The number of thioether (sulfide) groups is 2. The molecule has 1 heterocycles. The molecule has 0 radical (unpaired) electrons. The lowest BCUT2D eigenvalue weighted by Crippen LogP contribution is -1.86. The Morgan fingerprint density at radius 2 is 2.17 bits per heavy atom. The number of unbranched alkanes of at least 4 members (excludes halogenated alkanes) is 2. The van der Waals surface area contributed by atoms with E-state index in [0.717, 1.165) is 4.58 Å². The highest BCUT2D eigenvalue weighted by Crippen LogP contribution is 2.43. The zero-order valence-electron chi connectivity index (χ0n) is 8.01. The van der Waals surface area contributed by atoms with Crippen LogP contribution in [-0.2, 0) is 0 Å². The first kappa shape index (κ1) is 10.5. The highest BCUT2D eigenvalue weighted by molar-refractivity contribution is 8.23. The van der Waals surface area contributed by atoms with Gasteiger partial charge in [-0.1, -0.05) is 26.7 Å². The second-order valence-electron chi connectivity index (χ2n) is 3.13. The summed E-state index contributed by atoms with van der Waals surface area (Å²) in [6.45, 7) is 4.53. The summed E-state index contributed by atoms with van der Waals surface area (Å²) in [5.41, 5.74) is 0. The summed E-state index contributed by atoms with van der Waals surface area (Å²) in [5.74, 6) is 0. The van der Waals surface area contributed by atoms with Gasteiger partial charge in [-0.2, -0.15) is 0 Å². The van der Waals surface area contributed by atoms with Crippen LogP contribution in [0.4, 0.5) is 0 Å². The van der Waals surface area contributed by atoms with Crippen LogP contribution in [0.2, 0.25) is 0 Å². The van der Waals surface area contributed by atoms with Gasteiger partial charge < -0.3 is 0 Å². The Morgan fingerprint density at radius 1 is 1.33 bits per heavy atom. The topological polar surface area (TPSA) is 0 Å². The summed E-state index contributed by atoms with van der Waals surface area (Å²) < 4.78 is 0.821. The van der Waals surface area contributed by atoms with Crippen molar-refractivity contribution in [2.24, 2.45) is 0 Å². The van der Waals surface area contributed by atoms with Gasteiger partial charge in [0, 0.05) is 0 Å². The minimum atomic E-state index is 0.821. The monoisotopic (exact) mass is 202 g/mol. The maximum Gasteiger partial charge on any atom is 0.0585 e. The first-order valence-electron chi connectivity index (χ1n) is 4.88. The molecule has 0 saturated heterocycles. The average molecular weight is 202 g/mol. The normalized spacial score (nSPS) is 22.8. The minimum Gasteiger partial charge on any atom is -0.119 e. The smallest absolute Gasteiger partial charge is 0.0585 e.